The van der Waals surface area contributed by atoms with Crippen LogP contribution < -0.4 is 0 Å². The summed E-state index contributed by atoms with van der Waals surface area (Å²) in [5.74, 6) is 0. The third kappa shape index (κ3) is 5.33. The summed E-state index contributed by atoms with van der Waals surface area (Å²) in [6.07, 6.45) is 2.10. The van der Waals surface area contributed by atoms with Crippen molar-refractivity contribution in [2.75, 3.05) is 0 Å². The Balaban J connectivity index is 0.000000124. The van der Waals surface area contributed by atoms with Gasteiger partial charge in [-0.3, -0.25) is 0 Å². The number of halogens is 2. The molecule has 3 heteroatoms. The van der Waals surface area contributed by atoms with Crippen LogP contribution in [0.1, 0.15) is 36.1 Å². The molecule has 2 aliphatic rings. The zero-order valence-corrected chi connectivity index (χ0v) is 21.3. The van der Waals surface area contributed by atoms with Crippen molar-refractivity contribution in [3.8, 4) is 22.3 Å². The maximum Gasteiger partial charge on any atom is -0.0253 e. The number of benzene rings is 4. The predicted octanol–water partition coefficient (Wildman–Crippen LogP) is 8.24. The number of rotatable bonds is 0. The van der Waals surface area contributed by atoms with E-state index in [-0.39, 0.29) is 0 Å². The predicted molar refractivity (Wildman–Crippen MR) is 135 cm³/mol. The minimum atomic E-state index is -1.60. The average molecular weight is 491 g/mol. The molecule has 32 heavy (non-hydrogen) atoms. The summed E-state index contributed by atoms with van der Waals surface area (Å²) >= 11 is -1.60. The van der Waals surface area contributed by atoms with Crippen LogP contribution >= 0.6 is 18.6 Å². The van der Waals surface area contributed by atoms with E-state index < -0.39 is 15.3 Å². The smallest absolute Gasteiger partial charge is 0.0253 e. The van der Waals surface area contributed by atoms with Crippen molar-refractivity contribution in [2.45, 2.75) is 26.7 Å². The van der Waals surface area contributed by atoms with Gasteiger partial charge in [0.1, 0.15) is 0 Å². The van der Waals surface area contributed by atoms with Gasteiger partial charge in [0.2, 0.25) is 0 Å². The molecule has 0 N–H and O–H groups in total. The van der Waals surface area contributed by atoms with Gasteiger partial charge in [-0.25, -0.2) is 0 Å². The molecule has 0 saturated heterocycles. The average Bonchev–Trinajstić information content (AvgIpc) is 3.38. The molecule has 0 aliphatic heterocycles. The minimum absolute atomic E-state index is 1.05. The Bertz CT molecular complexity index is 1080. The maximum atomic E-state index is 5.51. The maximum absolute atomic E-state index is 5.51. The summed E-state index contributed by atoms with van der Waals surface area (Å²) in [5.41, 5.74) is 11.0. The third-order valence-electron chi connectivity index (χ3n) is 5.61. The molecule has 2 aliphatic carbocycles. The van der Waals surface area contributed by atoms with Gasteiger partial charge in [-0.05, 0) is 12.8 Å². The molecule has 160 valence electrons. The van der Waals surface area contributed by atoms with Gasteiger partial charge in [-0.2, -0.15) is 59.7 Å². The first-order chi connectivity index (χ1) is 15.5. The third-order valence-corrected chi connectivity index (χ3v) is 9.91. The fourth-order valence-electron chi connectivity index (χ4n) is 4.00. The van der Waals surface area contributed by atoms with Crippen molar-refractivity contribution < 1.29 is 15.3 Å². The Morgan fingerprint density at radius 1 is 0.625 bits per heavy atom. The molecule has 0 nitrogen and oxygen atoms in total. The van der Waals surface area contributed by atoms with Crippen LogP contribution in [0.25, 0.3) is 22.3 Å². The van der Waals surface area contributed by atoms with Gasteiger partial charge in [0, 0.05) is 0 Å². The topological polar surface area (TPSA) is 0 Å². The van der Waals surface area contributed by atoms with E-state index >= 15 is 0 Å². The standard InChI is InChI=1S/2C13H9.C3H6.2ClH.Ti/c2*1-3-7-12-10(5-1)9-11-6-2-4-8-13(11)12;1-3-2;;;/h2*1-5,7-8H,9H2;1-2H3;2*1H;/q2*-1;;;;+2/p-2. The molecule has 0 saturated carbocycles. The Morgan fingerprint density at radius 2 is 1.00 bits per heavy atom. The van der Waals surface area contributed by atoms with E-state index in [1.807, 2.05) is 26.0 Å². The van der Waals surface area contributed by atoms with Gasteiger partial charge in [-0.15, -0.1) is 11.1 Å². The summed E-state index contributed by atoms with van der Waals surface area (Å²) in [5, 5.41) is 0. The molecule has 0 spiro atoms. The zero-order valence-electron chi connectivity index (χ0n) is 18.3. The van der Waals surface area contributed by atoms with Gasteiger partial charge in [-0.1, -0.05) is 70.8 Å². The Morgan fingerprint density at radius 3 is 1.41 bits per heavy atom. The first-order valence-corrected chi connectivity index (χ1v) is 15.8. The second-order valence-electron chi connectivity index (χ2n) is 8.05. The molecule has 4 aromatic carbocycles. The van der Waals surface area contributed by atoms with Crippen LogP contribution in [0.4, 0.5) is 0 Å². The molecule has 0 heterocycles. The molecule has 0 radical (unpaired) electrons. The summed E-state index contributed by atoms with van der Waals surface area (Å²) in [6, 6.07) is 36.2. The van der Waals surface area contributed by atoms with E-state index in [1.54, 1.807) is 0 Å². The molecule has 0 atom stereocenters. The Hall–Kier alpha value is -1.96. The van der Waals surface area contributed by atoms with Crippen LogP contribution in [-0.4, -0.2) is 3.81 Å². The van der Waals surface area contributed by atoms with E-state index in [1.165, 1.54) is 48.3 Å². The fourth-order valence-corrected chi connectivity index (χ4v) is 4.00. The minimum Gasteiger partial charge on any atom is -0.179 e. The van der Waals surface area contributed by atoms with E-state index in [4.69, 9.17) is 18.6 Å². The van der Waals surface area contributed by atoms with Crippen LogP contribution in [-0.2, 0) is 28.1 Å². The van der Waals surface area contributed by atoms with Crippen LogP contribution in [0, 0.1) is 12.1 Å². The van der Waals surface area contributed by atoms with E-state index in [2.05, 4.69) is 84.9 Å². The van der Waals surface area contributed by atoms with Crippen molar-refractivity contribution in [3.05, 3.63) is 119 Å². The van der Waals surface area contributed by atoms with Crippen molar-refractivity contribution in [1.29, 1.82) is 0 Å². The molecule has 6 rings (SSSR count). The molecule has 0 bridgehead atoms. The van der Waals surface area contributed by atoms with Gasteiger partial charge >= 0.3 is 51.6 Å². The monoisotopic (exact) mass is 490 g/mol. The molecule has 0 unspecified atom stereocenters. The van der Waals surface area contributed by atoms with E-state index in [9.17, 15) is 0 Å². The quantitative estimate of drug-likeness (QED) is 0.148. The second-order valence-corrected chi connectivity index (χ2v) is 14.3. The van der Waals surface area contributed by atoms with Crippen molar-refractivity contribution >= 4 is 22.4 Å². The number of fused-ring (bicyclic) bond motifs is 6. The first kappa shape index (κ1) is 23.2. The van der Waals surface area contributed by atoms with Crippen molar-refractivity contribution in [2.24, 2.45) is 0 Å². The molecule has 4 aromatic rings. The SMILES string of the molecule is C[C](C)=[Ti]([Cl])[Cl].[c-]1cccc2c1Cc1ccccc1-2.[c-]1cccc2c1Cc1ccccc1-2. The summed E-state index contributed by atoms with van der Waals surface area (Å²) in [4.78, 5) is 0. The molecule has 0 aromatic heterocycles. The fraction of sp³-hybridized carbons (Fsp3) is 0.138. The normalized spacial score (nSPS) is 11.5. The summed E-state index contributed by atoms with van der Waals surface area (Å²) in [6.45, 7) is 3.94. The molecular formula is C29H24Cl2Ti-2. The summed E-state index contributed by atoms with van der Waals surface area (Å²) < 4.78 is 1.21. The van der Waals surface area contributed by atoms with Crippen LogP contribution in [0.5, 0.6) is 0 Å². The van der Waals surface area contributed by atoms with Crippen LogP contribution in [0.2, 0.25) is 0 Å². The molecule has 0 amide bonds. The van der Waals surface area contributed by atoms with Gasteiger partial charge in [0.15, 0.2) is 0 Å². The molecular weight excluding hydrogens is 467 g/mol. The Kier molecular flexibility index (Phi) is 7.82. The largest absolute Gasteiger partial charge is 0.179 e. The van der Waals surface area contributed by atoms with Gasteiger partial charge < -0.3 is 0 Å². The van der Waals surface area contributed by atoms with E-state index in [0.717, 1.165) is 12.8 Å². The van der Waals surface area contributed by atoms with Crippen LogP contribution in [0.15, 0.2) is 84.9 Å². The van der Waals surface area contributed by atoms with Crippen molar-refractivity contribution in [3.63, 3.8) is 0 Å². The Labute approximate surface area is 204 Å². The van der Waals surface area contributed by atoms with Crippen molar-refractivity contribution in [1.82, 2.24) is 0 Å². The van der Waals surface area contributed by atoms with Crippen LogP contribution in [0.3, 0.4) is 0 Å². The second kappa shape index (κ2) is 10.8. The number of hydrogen-bond acceptors (Lipinski definition) is 0. The zero-order chi connectivity index (χ0) is 22.5. The molecule has 0 fully saturated rings. The van der Waals surface area contributed by atoms with E-state index in [0.29, 0.717) is 0 Å². The van der Waals surface area contributed by atoms with Gasteiger partial charge in [0.25, 0.3) is 0 Å². The van der Waals surface area contributed by atoms with Gasteiger partial charge in [0.05, 0.1) is 0 Å². The summed E-state index contributed by atoms with van der Waals surface area (Å²) in [7, 11) is 11.0. The number of hydrogen-bond donors (Lipinski definition) is 0. The first-order valence-electron chi connectivity index (χ1n) is 10.7.